The van der Waals surface area contributed by atoms with Gasteiger partial charge in [0.1, 0.15) is 5.56 Å². The lowest BCUT2D eigenvalue weighted by molar-refractivity contribution is -0.123. The summed E-state index contributed by atoms with van der Waals surface area (Å²) >= 11 is 0. The van der Waals surface area contributed by atoms with Crippen LogP contribution in [-0.2, 0) is 9.53 Å². The van der Waals surface area contributed by atoms with Crippen molar-refractivity contribution in [3.8, 4) is 0 Å². The van der Waals surface area contributed by atoms with Gasteiger partial charge < -0.3 is 15.0 Å². The number of aryl methyl sites for hydroxylation is 1. The van der Waals surface area contributed by atoms with Gasteiger partial charge in [-0.15, -0.1) is 0 Å². The number of benzene rings is 1. The van der Waals surface area contributed by atoms with E-state index in [2.05, 4.69) is 10.3 Å². The molecule has 22 heavy (non-hydrogen) atoms. The Kier molecular flexibility index (Phi) is 4.73. The number of ether oxygens (including phenoxy) is 1. The van der Waals surface area contributed by atoms with Gasteiger partial charge in [0.25, 0.3) is 11.5 Å². The molecule has 0 unspecified atom stereocenters. The number of aromatic amines is 1. The molecular formula is C16H16N2O4. The summed E-state index contributed by atoms with van der Waals surface area (Å²) in [7, 11) is 0. The van der Waals surface area contributed by atoms with Crippen molar-refractivity contribution < 1.29 is 14.3 Å². The van der Waals surface area contributed by atoms with Crippen LogP contribution in [0, 0.1) is 6.92 Å². The summed E-state index contributed by atoms with van der Waals surface area (Å²) < 4.78 is 5.01. The molecule has 114 valence electrons. The highest BCUT2D eigenvalue weighted by Gasteiger charge is 2.20. The van der Waals surface area contributed by atoms with Crippen molar-refractivity contribution in [2.45, 2.75) is 20.0 Å². The molecule has 2 rings (SSSR count). The average Bonchev–Trinajstić information content (AvgIpc) is 2.47. The van der Waals surface area contributed by atoms with E-state index in [-0.39, 0.29) is 5.56 Å². The Bertz CT molecular complexity index is 752. The SMILES string of the molecule is Cc1cccc(NC(=O)[C@@H](C)OC(=O)c2ccc[nH]c2=O)c1. The summed E-state index contributed by atoms with van der Waals surface area (Å²) in [5.74, 6) is -1.31. The Morgan fingerprint density at radius 3 is 2.68 bits per heavy atom. The smallest absolute Gasteiger partial charge is 0.344 e. The molecule has 6 heteroatoms. The molecule has 0 aliphatic rings. The summed E-state index contributed by atoms with van der Waals surface area (Å²) in [6.07, 6.45) is 0.389. The predicted molar refractivity (Wildman–Crippen MR) is 81.7 cm³/mol. The van der Waals surface area contributed by atoms with Crippen LogP contribution in [0.15, 0.2) is 47.4 Å². The molecule has 1 heterocycles. The second kappa shape index (κ2) is 6.71. The highest BCUT2D eigenvalue weighted by atomic mass is 16.5. The maximum atomic E-state index is 12.0. The standard InChI is InChI=1S/C16H16N2O4/c1-10-5-3-6-12(9-10)18-14(19)11(2)22-16(21)13-7-4-8-17-15(13)20/h3-9,11H,1-2H3,(H,17,20)(H,18,19)/t11-/m1/s1. The molecule has 0 fully saturated rings. The maximum absolute atomic E-state index is 12.0. The molecule has 0 bridgehead atoms. The lowest BCUT2D eigenvalue weighted by Gasteiger charge is -2.13. The quantitative estimate of drug-likeness (QED) is 0.844. The number of carbonyl (C=O) groups excluding carboxylic acids is 2. The fourth-order valence-electron chi connectivity index (χ4n) is 1.83. The van der Waals surface area contributed by atoms with E-state index in [4.69, 9.17) is 4.74 Å². The second-order valence-electron chi connectivity index (χ2n) is 4.82. The zero-order valence-corrected chi connectivity index (χ0v) is 12.3. The third-order valence-electron chi connectivity index (χ3n) is 2.98. The molecular weight excluding hydrogens is 284 g/mol. The zero-order valence-electron chi connectivity index (χ0n) is 12.3. The number of rotatable bonds is 4. The maximum Gasteiger partial charge on any atom is 0.344 e. The molecule has 6 nitrogen and oxygen atoms in total. The van der Waals surface area contributed by atoms with Gasteiger partial charge in [-0.05, 0) is 43.7 Å². The van der Waals surface area contributed by atoms with Gasteiger partial charge in [0, 0.05) is 11.9 Å². The highest BCUT2D eigenvalue weighted by molar-refractivity contribution is 5.97. The van der Waals surface area contributed by atoms with Crippen LogP contribution in [0.5, 0.6) is 0 Å². The van der Waals surface area contributed by atoms with Crippen molar-refractivity contribution in [2.24, 2.45) is 0 Å². The molecule has 0 radical (unpaired) electrons. The van der Waals surface area contributed by atoms with Crippen LogP contribution in [0.3, 0.4) is 0 Å². The Labute approximate surface area is 127 Å². The molecule has 1 aromatic heterocycles. The van der Waals surface area contributed by atoms with Gasteiger partial charge in [-0.2, -0.15) is 0 Å². The molecule has 1 aromatic carbocycles. The fourth-order valence-corrected chi connectivity index (χ4v) is 1.83. The molecule has 0 aliphatic heterocycles. The van der Waals surface area contributed by atoms with Crippen molar-refractivity contribution in [2.75, 3.05) is 5.32 Å². The summed E-state index contributed by atoms with van der Waals surface area (Å²) in [5, 5.41) is 2.65. The van der Waals surface area contributed by atoms with Crippen LogP contribution in [0.25, 0.3) is 0 Å². The van der Waals surface area contributed by atoms with Crippen LogP contribution >= 0.6 is 0 Å². The lowest BCUT2D eigenvalue weighted by atomic mass is 10.2. The highest BCUT2D eigenvalue weighted by Crippen LogP contribution is 2.10. The van der Waals surface area contributed by atoms with Crippen molar-refractivity contribution in [1.29, 1.82) is 0 Å². The number of carbonyl (C=O) groups is 2. The normalized spacial score (nSPS) is 11.5. The van der Waals surface area contributed by atoms with E-state index in [0.29, 0.717) is 5.69 Å². The van der Waals surface area contributed by atoms with Gasteiger partial charge in [-0.1, -0.05) is 12.1 Å². The van der Waals surface area contributed by atoms with E-state index >= 15 is 0 Å². The van der Waals surface area contributed by atoms with Crippen LogP contribution in [0.4, 0.5) is 5.69 Å². The number of amides is 1. The molecule has 0 aliphatic carbocycles. The molecule has 1 amide bonds. The molecule has 0 saturated heterocycles. The minimum Gasteiger partial charge on any atom is -0.449 e. The monoisotopic (exact) mass is 300 g/mol. The molecule has 0 spiro atoms. The van der Waals surface area contributed by atoms with Crippen LogP contribution < -0.4 is 10.9 Å². The van der Waals surface area contributed by atoms with E-state index in [1.807, 2.05) is 19.1 Å². The minimum atomic E-state index is -1.02. The van der Waals surface area contributed by atoms with Crippen molar-refractivity contribution in [3.63, 3.8) is 0 Å². The van der Waals surface area contributed by atoms with Gasteiger partial charge in [0.05, 0.1) is 0 Å². The Balaban J connectivity index is 2.01. The van der Waals surface area contributed by atoms with Gasteiger partial charge in [-0.25, -0.2) is 4.79 Å². The number of pyridine rings is 1. The van der Waals surface area contributed by atoms with E-state index in [0.717, 1.165) is 5.56 Å². The van der Waals surface area contributed by atoms with Gasteiger partial charge >= 0.3 is 5.97 Å². The Morgan fingerprint density at radius 1 is 1.23 bits per heavy atom. The molecule has 1 atom stereocenters. The third kappa shape index (κ3) is 3.82. The molecule has 2 N–H and O–H groups in total. The first kappa shape index (κ1) is 15.5. The minimum absolute atomic E-state index is 0.141. The Morgan fingerprint density at radius 2 is 2.00 bits per heavy atom. The summed E-state index contributed by atoms with van der Waals surface area (Å²) in [6.45, 7) is 3.35. The van der Waals surface area contributed by atoms with E-state index < -0.39 is 23.5 Å². The summed E-state index contributed by atoms with van der Waals surface area (Å²) in [4.78, 5) is 37.7. The summed E-state index contributed by atoms with van der Waals surface area (Å²) in [5.41, 5.74) is 0.917. The molecule has 0 saturated carbocycles. The average molecular weight is 300 g/mol. The van der Waals surface area contributed by atoms with Crippen LogP contribution in [0.1, 0.15) is 22.8 Å². The number of hydrogen-bond acceptors (Lipinski definition) is 4. The van der Waals surface area contributed by atoms with E-state index in [1.54, 1.807) is 12.1 Å². The first-order chi connectivity index (χ1) is 10.5. The third-order valence-corrected chi connectivity index (χ3v) is 2.98. The fraction of sp³-hybridized carbons (Fsp3) is 0.188. The van der Waals surface area contributed by atoms with Gasteiger partial charge in [0.15, 0.2) is 6.10 Å². The number of nitrogens with one attached hydrogen (secondary N) is 2. The van der Waals surface area contributed by atoms with Crippen molar-refractivity contribution >= 4 is 17.6 Å². The van der Waals surface area contributed by atoms with Crippen LogP contribution in [-0.4, -0.2) is 23.0 Å². The lowest BCUT2D eigenvalue weighted by Crippen LogP contribution is -2.31. The van der Waals surface area contributed by atoms with Gasteiger partial charge in [0.2, 0.25) is 0 Å². The second-order valence-corrected chi connectivity index (χ2v) is 4.82. The van der Waals surface area contributed by atoms with Crippen molar-refractivity contribution in [3.05, 3.63) is 64.1 Å². The number of hydrogen-bond donors (Lipinski definition) is 2. The Hall–Kier alpha value is -2.89. The van der Waals surface area contributed by atoms with E-state index in [9.17, 15) is 14.4 Å². The molecule has 2 aromatic rings. The van der Waals surface area contributed by atoms with Gasteiger partial charge in [-0.3, -0.25) is 9.59 Å². The number of aromatic nitrogens is 1. The first-order valence-electron chi connectivity index (χ1n) is 6.73. The number of esters is 1. The van der Waals surface area contributed by atoms with Crippen molar-refractivity contribution in [1.82, 2.24) is 4.98 Å². The topological polar surface area (TPSA) is 88.3 Å². The summed E-state index contributed by atoms with van der Waals surface area (Å²) in [6, 6.07) is 10.1. The first-order valence-corrected chi connectivity index (χ1v) is 6.73. The van der Waals surface area contributed by atoms with Crippen LogP contribution in [0.2, 0.25) is 0 Å². The zero-order chi connectivity index (χ0) is 16.1. The largest absolute Gasteiger partial charge is 0.449 e. The number of anilines is 1. The predicted octanol–water partition coefficient (Wildman–Crippen LogP) is 1.87. The number of H-pyrrole nitrogens is 1. The van der Waals surface area contributed by atoms with E-state index in [1.165, 1.54) is 25.3 Å².